The topological polar surface area (TPSA) is 90.3 Å². The van der Waals surface area contributed by atoms with Crippen molar-refractivity contribution in [3.63, 3.8) is 0 Å². The van der Waals surface area contributed by atoms with Crippen molar-refractivity contribution in [2.24, 2.45) is 5.41 Å². The molecule has 3 heterocycles. The second-order valence-electron chi connectivity index (χ2n) is 7.58. The van der Waals surface area contributed by atoms with E-state index < -0.39 is 29.4 Å². The number of para-hydroxylation sites is 2. The number of benzene rings is 2. The Kier molecular flexibility index (Phi) is 4.34. The van der Waals surface area contributed by atoms with Crippen LogP contribution in [0.2, 0.25) is 0 Å². The van der Waals surface area contributed by atoms with Gasteiger partial charge in [-0.25, -0.2) is 4.79 Å². The molecule has 2 aromatic carbocycles. The van der Waals surface area contributed by atoms with Crippen molar-refractivity contribution in [2.45, 2.75) is 18.0 Å². The minimum Gasteiger partial charge on any atom is -0.472 e. The number of anilines is 1. The van der Waals surface area contributed by atoms with Crippen molar-refractivity contribution in [3.05, 3.63) is 90.4 Å². The standard InChI is InChI=1S/C25H17N3O3/c26-15-25(16-27)21-11-10-17-6-4-5-9-20(17)28(21)23(22(25)18-12-13-30-14-18)24(29)31-19-7-2-1-3-8-19/h1-14,21-23H/t21-,22+,23+/m0/s1. The fourth-order valence-electron chi connectivity index (χ4n) is 4.70. The van der Waals surface area contributed by atoms with E-state index >= 15 is 0 Å². The zero-order valence-electron chi connectivity index (χ0n) is 16.4. The van der Waals surface area contributed by atoms with Crippen LogP contribution in [0.25, 0.3) is 6.08 Å². The summed E-state index contributed by atoms with van der Waals surface area (Å²) in [5.74, 6) is -0.889. The van der Waals surface area contributed by atoms with E-state index in [9.17, 15) is 15.3 Å². The van der Waals surface area contributed by atoms with E-state index in [0.29, 0.717) is 11.3 Å². The summed E-state index contributed by atoms with van der Waals surface area (Å²) in [6.45, 7) is 0. The van der Waals surface area contributed by atoms with Gasteiger partial charge in [0.05, 0.1) is 36.6 Å². The van der Waals surface area contributed by atoms with Crippen LogP contribution in [0.5, 0.6) is 5.75 Å². The molecule has 0 unspecified atom stereocenters. The van der Waals surface area contributed by atoms with Gasteiger partial charge < -0.3 is 14.1 Å². The van der Waals surface area contributed by atoms with Crippen LogP contribution >= 0.6 is 0 Å². The number of nitrogens with zero attached hydrogens (tertiary/aromatic N) is 3. The molecule has 0 saturated carbocycles. The van der Waals surface area contributed by atoms with Gasteiger partial charge in [-0.3, -0.25) is 0 Å². The molecule has 5 rings (SSSR count). The third-order valence-electron chi connectivity index (χ3n) is 6.02. The first-order valence-electron chi connectivity index (χ1n) is 9.86. The van der Waals surface area contributed by atoms with Gasteiger partial charge in [0.2, 0.25) is 0 Å². The molecule has 0 radical (unpaired) electrons. The number of ether oxygens (including phenoxy) is 1. The van der Waals surface area contributed by atoms with E-state index in [4.69, 9.17) is 9.15 Å². The third-order valence-corrected chi connectivity index (χ3v) is 6.02. The number of hydrogen-bond donors (Lipinski definition) is 0. The molecule has 6 heteroatoms. The van der Waals surface area contributed by atoms with Crippen molar-refractivity contribution < 1.29 is 13.9 Å². The number of carbonyl (C=O) groups excluding carboxylic acids is 1. The van der Waals surface area contributed by atoms with E-state index in [2.05, 4.69) is 12.1 Å². The Bertz CT molecular complexity index is 1220. The lowest BCUT2D eigenvalue weighted by Crippen LogP contribution is -2.45. The molecular weight excluding hydrogens is 390 g/mol. The highest BCUT2D eigenvalue weighted by atomic mass is 16.5. The minimum atomic E-state index is -1.51. The van der Waals surface area contributed by atoms with Crippen molar-refractivity contribution >= 4 is 17.7 Å². The number of esters is 1. The van der Waals surface area contributed by atoms with Crippen LogP contribution in [0.3, 0.4) is 0 Å². The largest absolute Gasteiger partial charge is 0.472 e. The third kappa shape index (κ3) is 2.73. The fraction of sp³-hybridized carbons (Fsp3) is 0.160. The molecule has 150 valence electrons. The molecule has 0 N–H and O–H groups in total. The quantitative estimate of drug-likeness (QED) is 0.475. The maximum atomic E-state index is 13.6. The second-order valence-corrected chi connectivity index (χ2v) is 7.58. The van der Waals surface area contributed by atoms with E-state index in [1.165, 1.54) is 12.5 Å². The maximum absolute atomic E-state index is 13.6. The zero-order valence-corrected chi connectivity index (χ0v) is 16.4. The average Bonchev–Trinajstić information content (AvgIpc) is 3.44. The highest BCUT2D eigenvalue weighted by Crippen LogP contribution is 2.55. The number of nitriles is 2. The van der Waals surface area contributed by atoms with Crippen molar-refractivity contribution in [3.8, 4) is 17.9 Å². The van der Waals surface area contributed by atoms with Crippen LogP contribution in [0.15, 0.2) is 83.7 Å². The summed E-state index contributed by atoms with van der Waals surface area (Å²) >= 11 is 0. The van der Waals surface area contributed by atoms with Crippen LogP contribution in [0.1, 0.15) is 17.0 Å². The predicted molar refractivity (Wildman–Crippen MR) is 113 cm³/mol. The summed E-state index contributed by atoms with van der Waals surface area (Å²) in [6, 6.07) is 21.1. The van der Waals surface area contributed by atoms with Gasteiger partial charge in [-0.05, 0) is 35.4 Å². The Balaban J connectivity index is 1.70. The molecule has 3 aromatic rings. The van der Waals surface area contributed by atoms with E-state index in [-0.39, 0.29) is 0 Å². The van der Waals surface area contributed by atoms with Crippen LogP contribution < -0.4 is 9.64 Å². The Morgan fingerprint density at radius 1 is 1.03 bits per heavy atom. The van der Waals surface area contributed by atoms with Gasteiger partial charge in [0, 0.05) is 5.69 Å². The van der Waals surface area contributed by atoms with Gasteiger partial charge in [0.15, 0.2) is 5.41 Å². The first-order chi connectivity index (χ1) is 15.2. The minimum absolute atomic E-state index is 0.405. The van der Waals surface area contributed by atoms with Crippen LogP contribution in [-0.4, -0.2) is 18.1 Å². The summed E-state index contributed by atoms with van der Waals surface area (Å²) in [5, 5.41) is 20.5. The molecule has 3 atom stereocenters. The lowest BCUT2D eigenvalue weighted by molar-refractivity contribution is -0.136. The molecule has 0 bridgehead atoms. The number of furan rings is 1. The molecule has 1 aromatic heterocycles. The Morgan fingerprint density at radius 3 is 2.48 bits per heavy atom. The molecule has 6 nitrogen and oxygen atoms in total. The first kappa shape index (κ1) is 18.7. The van der Waals surface area contributed by atoms with E-state index in [1.54, 1.807) is 30.3 Å². The summed E-state index contributed by atoms with van der Waals surface area (Å²) in [5.41, 5.74) is 0.798. The van der Waals surface area contributed by atoms with Gasteiger partial charge in [-0.15, -0.1) is 0 Å². The molecule has 1 fully saturated rings. The molecule has 0 amide bonds. The van der Waals surface area contributed by atoms with E-state index in [0.717, 1.165) is 11.3 Å². The van der Waals surface area contributed by atoms with Gasteiger partial charge in [-0.1, -0.05) is 48.6 Å². The smallest absolute Gasteiger partial charge is 0.334 e. The van der Waals surface area contributed by atoms with E-state index in [1.807, 2.05) is 47.4 Å². The highest BCUT2D eigenvalue weighted by molar-refractivity contribution is 5.89. The van der Waals surface area contributed by atoms with Crippen LogP contribution in [0.4, 0.5) is 5.69 Å². The SMILES string of the molecule is N#CC1(C#N)[C@H](c2ccoc2)[C@H](C(=O)Oc2ccccc2)N2c3ccccc3C=C[C@H]21. The predicted octanol–water partition coefficient (Wildman–Crippen LogP) is 4.29. The van der Waals surface area contributed by atoms with Gasteiger partial charge in [0.1, 0.15) is 11.8 Å². The van der Waals surface area contributed by atoms with Gasteiger partial charge >= 0.3 is 5.97 Å². The van der Waals surface area contributed by atoms with Crippen LogP contribution in [0, 0.1) is 28.1 Å². The number of hydrogen-bond acceptors (Lipinski definition) is 6. The maximum Gasteiger partial charge on any atom is 0.334 e. The fourth-order valence-corrected chi connectivity index (χ4v) is 4.70. The molecule has 1 saturated heterocycles. The number of rotatable bonds is 3. The van der Waals surface area contributed by atoms with Gasteiger partial charge in [0.25, 0.3) is 0 Å². The lowest BCUT2D eigenvalue weighted by atomic mass is 9.70. The summed E-state index contributed by atoms with van der Waals surface area (Å²) in [4.78, 5) is 15.4. The van der Waals surface area contributed by atoms with Crippen LogP contribution in [-0.2, 0) is 4.79 Å². The van der Waals surface area contributed by atoms with Crippen molar-refractivity contribution in [2.75, 3.05) is 4.90 Å². The molecule has 0 spiro atoms. The highest BCUT2D eigenvalue weighted by Gasteiger charge is 2.64. The molecule has 2 aliphatic heterocycles. The van der Waals surface area contributed by atoms with Crippen molar-refractivity contribution in [1.82, 2.24) is 0 Å². The zero-order chi connectivity index (χ0) is 21.4. The van der Waals surface area contributed by atoms with Gasteiger partial charge in [-0.2, -0.15) is 10.5 Å². The number of carbonyl (C=O) groups is 1. The van der Waals surface area contributed by atoms with Crippen molar-refractivity contribution in [1.29, 1.82) is 10.5 Å². The first-order valence-corrected chi connectivity index (χ1v) is 9.86. The second kappa shape index (κ2) is 7.19. The Morgan fingerprint density at radius 2 is 1.77 bits per heavy atom. The molecule has 2 aliphatic rings. The molecular formula is C25H17N3O3. The molecule has 0 aliphatic carbocycles. The Hall–Kier alpha value is -4.29. The summed E-state index contributed by atoms with van der Waals surface area (Å²) < 4.78 is 11.0. The average molecular weight is 407 g/mol. The lowest BCUT2D eigenvalue weighted by Gasteiger charge is -2.34. The summed E-state index contributed by atoms with van der Waals surface area (Å²) in [7, 11) is 0. The molecule has 31 heavy (non-hydrogen) atoms. The monoisotopic (exact) mass is 407 g/mol. The normalized spacial score (nSPS) is 22.6. The summed E-state index contributed by atoms with van der Waals surface area (Å²) in [6.07, 6.45) is 6.70. The Labute approximate surface area is 179 Å². The number of fused-ring (bicyclic) bond motifs is 3.